The van der Waals surface area contributed by atoms with Gasteiger partial charge in [0.1, 0.15) is 5.60 Å². The van der Waals surface area contributed by atoms with Gasteiger partial charge in [-0.05, 0) is 75.6 Å². The highest BCUT2D eigenvalue weighted by Crippen LogP contribution is 2.43. The fraction of sp³-hybridized carbons (Fsp3) is 0.583. The molecule has 4 rings (SSSR count). The SMILES string of the molecule is [2H]C([2H])(NS(=O)(=O)c1cc2c(c3cnc(C4CC4)cc13)CCC2NC(=O)OC(C)(C)C)C(C)C. The van der Waals surface area contributed by atoms with Crippen LogP contribution in [-0.4, -0.2) is 31.6 Å². The molecule has 1 amide bonds. The highest BCUT2D eigenvalue weighted by Gasteiger charge is 2.32. The number of hydrogen-bond donors (Lipinski definition) is 2. The maximum absolute atomic E-state index is 13.5. The van der Waals surface area contributed by atoms with Gasteiger partial charge in [-0.1, -0.05) is 13.8 Å². The molecule has 0 saturated heterocycles. The second-order valence-electron chi connectivity index (χ2n) is 10.0. The van der Waals surface area contributed by atoms with Gasteiger partial charge >= 0.3 is 6.09 Å². The van der Waals surface area contributed by atoms with Gasteiger partial charge in [-0.2, -0.15) is 0 Å². The first-order valence-corrected chi connectivity index (χ1v) is 12.6. The van der Waals surface area contributed by atoms with Gasteiger partial charge in [0.2, 0.25) is 10.0 Å². The van der Waals surface area contributed by atoms with Gasteiger partial charge in [0.15, 0.2) is 0 Å². The summed E-state index contributed by atoms with van der Waals surface area (Å²) in [7, 11) is -4.21. The van der Waals surface area contributed by atoms with Crippen LogP contribution in [0, 0.1) is 5.92 Å². The van der Waals surface area contributed by atoms with E-state index in [9.17, 15) is 13.2 Å². The predicted octanol–water partition coefficient (Wildman–Crippen LogP) is 4.56. The molecular weight excluding hydrogens is 426 g/mol. The minimum atomic E-state index is -4.21. The molecule has 1 unspecified atom stereocenters. The van der Waals surface area contributed by atoms with E-state index in [4.69, 9.17) is 7.48 Å². The summed E-state index contributed by atoms with van der Waals surface area (Å²) >= 11 is 0. The number of ether oxygens (including phenoxy) is 1. The third-order valence-corrected chi connectivity index (χ3v) is 6.97. The van der Waals surface area contributed by atoms with Gasteiger partial charge in [-0.15, -0.1) is 0 Å². The third kappa shape index (κ3) is 4.91. The van der Waals surface area contributed by atoms with Gasteiger partial charge in [-0.25, -0.2) is 17.9 Å². The molecule has 1 heterocycles. The van der Waals surface area contributed by atoms with Crippen LogP contribution >= 0.6 is 0 Å². The first-order valence-electron chi connectivity index (χ1n) is 12.2. The fourth-order valence-electron chi connectivity index (χ4n) is 4.09. The Morgan fingerprint density at radius 2 is 1.97 bits per heavy atom. The number of hydrogen-bond acceptors (Lipinski definition) is 5. The molecule has 32 heavy (non-hydrogen) atoms. The monoisotopic (exact) mass is 461 g/mol. The second kappa shape index (κ2) is 8.30. The molecule has 1 aromatic carbocycles. The number of pyridine rings is 1. The van der Waals surface area contributed by atoms with Crippen LogP contribution < -0.4 is 10.0 Å². The van der Waals surface area contributed by atoms with E-state index in [1.54, 1.807) is 46.9 Å². The summed E-state index contributed by atoms with van der Waals surface area (Å²) in [6.07, 6.45) is 4.50. The van der Waals surface area contributed by atoms with Crippen LogP contribution in [0.5, 0.6) is 0 Å². The molecule has 8 heteroatoms. The van der Waals surface area contributed by atoms with E-state index in [2.05, 4.69) is 15.0 Å². The number of amides is 1. The summed E-state index contributed by atoms with van der Waals surface area (Å²) in [6, 6.07) is 3.01. The number of fused-ring (bicyclic) bond motifs is 3. The third-order valence-electron chi connectivity index (χ3n) is 5.67. The molecule has 1 aromatic heterocycles. The molecule has 1 fully saturated rings. The van der Waals surface area contributed by atoms with Crippen molar-refractivity contribution in [1.82, 2.24) is 15.0 Å². The molecule has 1 atom stereocenters. The zero-order valence-electron chi connectivity index (χ0n) is 21.3. The number of carbonyl (C=O) groups excluding carboxylic acids is 1. The summed E-state index contributed by atoms with van der Waals surface area (Å²) in [6.45, 7) is 6.48. The van der Waals surface area contributed by atoms with Crippen LogP contribution in [-0.2, 0) is 21.2 Å². The Labute approximate surface area is 193 Å². The van der Waals surface area contributed by atoms with Crippen molar-refractivity contribution >= 4 is 26.9 Å². The number of nitrogens with zero attached hydrogens (tertiary/aromatic N) is 1. The topological polar surface area (TPSA) is 97.4 Å². The number of nitrogens with one attached hydrogen (secondary N) is 2. The first kappa shape index (κ1) is 20.4. The summed E-state index contributed by atoms with van der Waals surface area (Å²) in [4.78, 5) is 17.0. The molecule has 2 N–H and O–H groups in total. The summed E-state index contributed by atoms with van der Waals surface area (Å²) < 4.78 is 51.0. The summed E-state index contributed by atoms with van der Waals surface area (Å²) in [5, 5.41) is 4.14. The molecule has 7 nitrogen and oxygen atoms in total. The lowest BCUT2D eigenvalue weighted by atomic mass is 10.0. The lowest BCUT2D eigenvalue weighted by Gasteiger charge is -2.22. The molecule has 1 saturated carbocycles. The van der Waals surface area contributed by atoms with Crippen molar-refractivity contribution in [2.45, 2.75) is 82.8 Å². The van der Waals surface area contributed by atoms with Crippen LogP contribution in [0.15, 0.2) is 23.2 Å². The molecule has 0 radical (unpaired) electrons. The highest BCUT2D eigenvalue weighted by molar-refractivity contribution is 7.89. The molecular formula is C24H33N3O4S. The molecule has 174 valence electrons. The van der Waals surface area contributed by atoms with E-state index in [0.717, 1.165) is 29.5 Å². The Bertz CT molecular complexity index is 1230. The minimum absolute atomic E-state index is 0.00737. The largest absolute Gasteiger partial charge is 0.444 e. The van der Waals surface area contributed by atoms with E-state index in [1.807, 2.05) is 6.07 Å². The van der Waals surface area contributed by atoms with Crippen LogP contribution in [0.1, 0.15) is 85.4 Å². The number of carbonyl (C=O) groups is 1. The van der Waals surface area contributed by atoms with Crippen molar-refractivity contribution in [3.8, 4) is 0 Å². The second-order valence-corrected chi connectivity index (χ2v) is 11.7. The number of rotatable bonds is 6. The summed E-state index contributed by atoms with van der Waals surface area (Å²) in [5.74, 6) is -0.224. The molecule has 2 aromatic rings. The Hall–Kier alpha value is -2.19. The molecule has 0 spiro atoms. The minimum Gasteiger partial charge on any atom is -0.444 e. The quantitative estimate of drug-likeness (QED) is 0.657. The Kier molecular flexibility index (Phi) is 5.30. The molecule has 2 aliphatic rings. The van der Waals surface area contributed by atoms with Gasteiger partial charge in [0.25, 0.3) is 0 Å². The Morgan fingerprint density at radius 3 is 2.59 bits per heavy atom. The summed E-state index contributed by atoms with van der Waals surface area (Å²) in [5.41, 5.74) is 1.86. The van der Waals surface area contributed by atoms with E-state index >= 15 is 0 Å². The van der Waals surface area contributed by atoms with Crippen molar-refractivity contribution in [2.75, 3.05) is 6.50 Å². The number of benzene rings is 1. The van der Waals surface area contributed by atoms with E-state index < -0.39 is 40.2 Å². The molecule has 0 aliphatic heterocycles. The smallest absolute Gasteiger partial charge is 0.408 e. The van der Waals surface area contributed by atoms with E-state index in [0.29, 0.717) is 29.7 Å². The Morgan fingerprint density at radius 1 is 1.25 bits per heavy atom. The van der Waals surface area contributed by atoms with Crippen LogP contribution in [0.4, 0.5) is 4.79 Å². The van der Waals surface area contributed by atoms with Gasteiger partial charge in [-0.3, -0.25) is 4.98 Å². The van der Waals surface area contributed by atoms with Crippen molar-refractivity contribution < 1.29 is 20.7 Å². The van der Waals surface area contributed by atoms with Gasteiger partial charge < -0.3 is 10.1 Å². The molecule has 0 bridgehead atoms. The van der Waals surface area contributed by atoms with Crippen molar-refractivity contribution in [3.05, 3.63) is 35.2 Å². The van der Waals surface area contributed by atoms with E-state index in [-0.39, 0.29) is 4.90 Å². The zero-order chi connectivity index (χ0) is 25.1. The lowest BCUT2D eigenvalue weighted by Crippen LogP contribution is -2.34. The standard InChI is InChI=1S/C24H33N3O4S/c1-14(2)12-26-32(29,30)22-11-17-16(8-9-20(17)27-23(28)31-24(3,4)5)19-13-25-21(10-18(19)22)15-6-7-15/h10-11,13-15,20,26H,6-9,12H2,1-5H3,(H,27,28)/i12D2. The lowest BCUT2D eigenvalue weighted by molar-refractivity contribution is 0.0503. The molecule has 2 aliphatic carbocycles. The van der Waals surface area contributed by atoms with Crippen molar-refractivity contribution in [3.63, 3.8) is 0 Å². The van der Waals surface area contributed by atoms with Gasteiger partial charge in [0, 0.05) is 37.8 Å². The predicted molar refractivity (Wildman–Crippen MR) is 124 cm³/mol. The van der Waals surface area contributed by atoms with Crippen molar-refractivity contribution in [2.24, 2.45) is 5.92 Å². The maximum Gasteiger partial charge on any atom is 0.408 e. The number of alkyl carbamates (subject to hydrolysis) is 1. The van der Waals surface area contributed by atoms with Crippen LogP contribution in [0.3, 0.4) is 0 Å². The normalized spacial score (nSPS) is 20.1. The zero-order valence-corrected chi connectivity index (χ0v) is 20.1. The average Bonchev–Trinajstić information content (AvgIpc) is 3.46. The number of sulfonamides is 1. The number of aromatic nitrogens is 1. The van der Waals surface area contributed by atoms with Crippen LogP contribution in [0.2, 0.25) is 0 Å². The average molecular weight is 462 g/mol. The highest BCUT2D eigenvalue weighted by atomic mass is 32.2. The maximum atomic E-state index is 13.5. The Balaban J connectivity index is 1.81. The number of aryl methyl sites for hydroxylation is 1. The van der Waals surface area contributed by atoms with Crippen LogP contribution in [0.25, 0.3) is 10.8 Å². The first-order chi connectivity index (χ1) is 15.7. The van der Waals surface area contributed by atoms with E-state index in [1.165, 1.54) is 0 Å². The van der Waals surface area contributed by atoms with Gasteiger partial charge in [0.05, 0.1) is 10.9 Å². The fourth-order valence-corrected chi connectivity index (χ4v) is 5.33. The van der Waals surface area contributed by atoms with Crippen molar-refractivity contribution in [1.29, 1.82) is 0 Å².